The predicted octanol–water partition coefficient (Wildman–Crippen LogP) is 4.13. The second-order valence-corrected chi connectivity index (χ2v) is 6.92. The summed E-state index contributed by atoms with van der Waals surface area (Å²) in [6.07, 6.45) is 6.15. The van der Waals surface area contributed by atoms with E-state index < -0.39 is 0 Å². The summed E-state index contributed by atoms with van der Waals surface area (Å²) in [7, 11) is 0. The standard InChI is InChI=1S/C17H17BrN2O2/c18-15-11-20(16-2-1-12(10-19)9-14(15)16)13-3-5-17(6-4-13)21-7-8-22-17/h1-2,9,11,13H,3-8H2. The summed E-state index contributed by atoms with van der Waals surface area (Å²) in [4.78, 5) is 0. The lowest BCUT2D eigenvalue weighted by Gasteiger charge is -2.36. The van der Waals surface area contributed by atoms with Crippen molar-refractivity contribution in [2.24, 2.45) is 0 Å². The molecular weight excluding hydrogens is 344 g/mol. The minimum absolute atomic E-state index is 0.315. The van der Waals surface area contributed by atoms with Gasteiger partial charge in [-0.05, 0) is 47.0 Å². The molecule has 1 aromatic heterocycles. The normalized spacial score (nSPS) is 21.5. The number of halogens is 1. The molecule has 1 aliphatic carbocycles. The molecule has 0 radical (unpaired) electrons. The first-order chi connectivity index (χ1) is 10.7. The molecule has 22 heavy (non-hydrogen) atoms. The average molecular weight is 361 g/mol. The van der Waals surface area contributed by atoms with Gasteiger partial charge in [-0.3, -0.25) is 0 Å². The van der Waals surface area contributed by atoms with E-state index >= 15 is 0 Å². The van der Waals surface area contributed by atoms with Crippen LogP contribution in [0.4, 0.5) is 0 Å². The molecule has 4 rings (SSSR count). The number of nitrogens with zero attached hydrogens (tertiary/aromatic N) is 2. The Kier molecular flexibility index (Phi) is 3.48. The maximum Gasteiger partial charge on any atom is 0.168 e. The highest BCUT2D eigenvalue weighted by molar-refractivity contribution is 9.10. The van der Waals surface area contributed by atoms with Crippen molar-refractivity contribution in [3.8, 4) is 6.07 Å². The Bertz CT molecular complexity index is 746. The van der Waals surface area contributed by atoms with E-state index in [1.807, 2.05) is 18.2 Å². The van der Waals surface area contributed by atoms with Crippen LogP contribution in [-0.2, 0) is 9.47 Å². The van der Waals surface area contributed by atoms with Crippen molar-refractivity contribution < 1.29 is 9.47 Å². The van der Waals surface area contributed by atoms with Gasteiger partial charge in [0.15, 0.2) is 5.79 Å². The van der Waals surface area contributed by atoms with Crippen LogP contribution in [0, 0.1) is 11.3 Å². The number of rotatable bonds is 1. The summed E-state index contributed by atoms with van der Waals surface area (Å²) >= 11 is 3.63. The molecule has 2 fully saturated rings. The third-order valence-electron chi connectivity index (χ3n) is 4.84. The molecule has 114 valence electrons. The first-order valence-electron chi connectivity index (χ1n) is 7.69. The Morgan fingerprint density at radius 2 is 1.95 bits per heavy atom. The molecule has 1 aromatic carbocycles. The van der Waals surface area contributed by atoms with E-state index in [1.54, 1.807) is 0 Å². The lowest BCUT2D eigenvalue weighted by Crippen LogP contribution is -2.35. The molecule has 2 heterocycles. The molecule has 0 N–H and O–H groups in total. The van der Waals surface area contributed by atoms with Gasteiger partial charge in [0.05, 0.1) is 24.8 Å². The first kappa shape index (κ1) is 14.3. The van der Waals surface area contributed by atoms with Gasteiger partial charge in [-0.25, -0.2) is 0 Å². The van der Waals surface area contributed by atoms with Gasteiger partial charge in [-0.2, -0.15) is 5.26 Å². The monoisotopic (exact) mass is 360 g/mol. The number of fused-ring (bicyclic) bond motifs is 1. The van der Waals surface area contributed by atoms with Gasteiger partial charge in [-0.15, -0.1) is 0 Å². The van der Waals surface area contributed by atoms with E-state index in [2.05, 4.69) is 32.8 Å². The van der Waals surface area contributed by atoms with Crippen LogP contribution in [0.25, 0.3) is 10.9 Å². The van der Waals surface area contributed by atoms with Crippen LogP contribution in [0.15, 0.2) is 28.9 Å². The minimum Gasteiger partial charge on any atom is -0.348 e. The van der Waals surface area contributed by atoms with Crippen molar-refractivity contribution in [1.29, 1.82) is 5.26 Å². The second kappa shape index (κ2) is 5.38. The van der Waals surface area contributed by atoms with Crippen molar-refractivity contribution >= 4 is 26.8 Å². The zero-order chi connectivity index (χ0) is 15.2. The number of aromatic nitrogens is 1. The Balaban J connectivity index is 1.63. The molecule has 5 heteroatoms. The Hall–Kier alpha value is -1.35. The summed E-state index contributed by atoms with van der Waals surface area (Å²) in [5.74, 6) is -0.315. The second-order valence-electron chi connectivity index (χ2n) is 6.07. The Morgan fingerprint density at radius 3 is 2.64 bits per heavy atom. The molecule has 1 spiro atoms. The van der Waals surface area contributed by atoms with Crippen LogP contribution in [0.5, 0.6) is 0 Å². The van der Waals surface area contributed by atoms with Gasteiger partial charge in [0.2, 0.25) is 0 Å². The largest absolute Gasteiger partial charge is 0.348 e. The van der Waals surface area contributed by atoms with E-state index in [0.717, 1.165) is 48.8 Å². The number of benzene rings is 1. The third kappa shape index (κ3) is 2.26. The molecule has 2 aliphatic rings. The SMILES string of the molecule is N#Cc1ccc2c(c1)c(Br)cn2C1CCC2(CC1)OCCO2. The third-order valence-corrected chi connectivity index (χ3v) is 5.47. The molecule has 0 amide bonds. The van der Waals surface area contributed by atoms with Crippen molar-refractivity contribution in [3.63, 3.8) is 0 Å². The Labute approximate surface area is 137 Å². The summed E-state index contributed by atoms with van der Waals surface area (Å²) in [5.41, 5.74) is 1.88. The summed E-state index contributed by atoms with van der Waals surface area (Å²) in [6, 6.07) is 8.55. The molecular formula is C17H17BrN2O2. The van der Waals surface area contributed by atoms with Crippen molar-refractivity contribution in [3.05, 3.63) is 34.4 Å². The fourth-order valence-electron chi connectivity index (χ4n) is 3.69. The van der Waals surface area contributed by atoms with Gasteiger partial charge in [0, 0.05) is 40.5 Å². The number of hydrogen-bond acceptors (Lipinski definition) is 3. The van der Waals surface area contributed by atoms with Crippen LogP contribution in [0.2, 0.25) is 0 Å². The zero-order valence-electron chi connectivity index (χ0n) is 12.2. The van der Waals surface area contributed by atoms with Gasteiger partial charge in [0.25, 0.3) is 0 Å². The summed E-state index contributed by atoms with van der Waals surface area (Å²) in [5, 5.41) is 10.2. The van der Waals surface area contributed by atoms with E-state index in [4.69, 9.17) is 14.7 Å². The van der Waals surface area contributed by atoms with Gasteiger partial charge < -0.3 is 14.0 Å². The number of ether oxygens (including phenoxy) is 2. The number of nitriles is 1. The molecule has 1 saturated heterocycles. The fraction of sp³-hybridized carbons (Fsp3) is 0.471. The van der Waals surface area contributed by atoms with E-state index in [0.29, 0.717) is 11.6 Å². The van der Waals surface area contributed by atoms with E-state index in [9.17, 15) is 0 Å². The highest BCUT2D eigenvalue weighted by Crippen LogP contribution is 2.42. The molecule has 0 unspecified atom stereocenters. The summed E-state index contributed by atoms with van der Waals surface area (Å²) < 4.78 is 15.0. The summed E-state index contributed by atoms with van der Waals surface area (Å²) in [6.45, 7) is 1.44. The minimum atomic E-state index is -0.315. The molecule has 1 saturated carbocycles. The smallest absolute Gasteiger partial charge is 0.168 e. The maximum atomic E-state index is 9.06. The number of hydrogen-bond donors (Lipinski definition) is 0. The van der Waals surface area contributed by atoms with E-state index in [-0.39, 0.29) is 5.79 Å². The van der Waals surface area contributed by atoms with Crippen molar-refractivity contribution in [1.82, 2.24) is 4.57 Å². The Morgan fingerprint density at radius 1 is 1.23 bits per heavy atom. The van der Waals surface area contributed by atoms with Crippen LogP contribution < -0.4 is 0 Å². The lowest BCUT2D eigenvalue weighted by molar-refractivity contribution is -0.181. The van der Waals surface area contributed by atoms with E-state index in [1.165, 1.54) is 5.52 Å². The van der Waals surface area contributed by atoms with Crippen LogP contribution in [0.1, 0.15) is 37.3 Å². The predicted molar refractivity (Wildman–Crippen MR) is 86.5 cm³/mol. The molecule has 1 aliphatic heterocycles. The maximum absolute atomic E-state index is 9.06. The molecule has 4 nitrogen and oxygen atoms in total. The van der Waals surface area contributed by atoms with Crippen molar-refractivity contribution in [2.45, 2.75) is 37.5 Å². The molecule has 0 atom stereocenters. The van der Waals surface area contributed by atoms with Gasteiger partial charge in [-0.1, -0.05) is 0 Å². The van der Waals surface area contributed by atoms with Crippen LogP contribution in [-0.4, -0.2) is 23.6 Å². The van der Waals surface area contributed by atoms with Gasteiger partial charge in [0.1, 0.15) is 0 Å². The topological polar surface area (TPSA) is 47.2 Å². The quantitative estimate of drug-likeness (QED) is 0.767. The first-order valence-corrected chi connectivity index (χ1v) is 8.48. The molecule has 0 bridgehead atoms. The van der Waals surface area contributed by atoms with Crippen LogP contribution >= 0.6 is 15.9 Å². The van der Waals surface area contributed by atoms with Crippen LogP contribution in [0.3, 0.4) is 0 Å². The lowest BCUT2D eigenvalue weighted by atomic mass is 9.90. The van der Waals surface area contributed by atoms with Crippen molar-refractivity contribution in [2.75, 3.05) is 13.2 Å². The highest BCUT2D eigenvalue weighted by atomic mass is 79.9. The van der Waals surface area contributed by atoms with Gasteiger partial charge >= 0.3 is 0 Å². The highest BCUT2D eigenvalue weighted by Gasteiger charge is 2.40. The zero-order valence-corrected chi connectivity index (χ0v) is 13.8. The fourth-order valence-corrected chi connectivity index (χ4v) is 4.23. The molecule has 2 aromatic rings. The average Bonchev–Trinajstić information content (AvgIpc) is 3.13.